The smallest absolute Gasteiger partial charge is 0.410 e. The van der Waals surface area contributed by atoms with Crippen LogP contribution in [0.4, 0.5) is 10.5 Å². The fraction of sp³-hybridized carbons (Fsp3) is 0.455. The Balaban J connectivity index is 1.64. The zero-order valence-corrected chi connectivity index (χ0v) is 15.9. The third-order valence-electron chi connectivity index (χ3n) is 6.31. The van der Waals surface area contributed by atoms with E-state index in [0.717, 1.165) is 12.1 Å². The average Bonchev–Trinajstić information content (AvgIpc) is 3.14. The summed E-state index contributed by atoms with van der Waals surface area (Å²) in [6.45, 7) is 6.30. The van der Waals surface area contributed by atoms with Gasteiger partial charge in [-0.05, 0) is 38.8 Å². The lowest BCUT2D eigenvalue weighted by atomic mass is 9.63. The molecule has 1 fully saturated rings. The second-order valence-corrected chi connectivity index (χ2v) is 8.90. The van der Waals surface area contributed by atoms with Crippen molar-refractivity contribution in [3.05, 3.63) is 54.1 Å². The molecule has 4 atom stereocenters. The van der Waals surface area contributed by atoms with Crippen molar-refractivity contribution in [2.45, 2.75) is 50.3 Å². The second-order valence-electron chi connectivity index (χ2n) is 8.90. The number of rotatable bonds is 0. The molecule has 1 aliphatic carbocycles. The van der Waals surface area contributed by atoms with Crippen LogP contribution in [0.1, 0.15) is 32.8 Å². The molecule has 3 aliphatic heterocycles. The number of hydrogen-bond acceptors (Lipinski definition) is 3. The fourth-order valence-electron chi connectivity index (χ4n) is 5.46. The zero-order valence-electron chi connectivity index (χ0n) is 15.9. The van der Waals surface area contributed by atoms with Crippen molar-refractivity contribution in [3.63, 3.8) is 0 Å². The highest BCUT2D eigenvalue weighted by Crippen LogP contribution is 2.58. The molecular weight excluding hydrogens is 340 g/mol. The van der Waals surface area contributed by atoms with E-state index in [1.807, 2.05) is 54.8 Å². The van der Waals surface area contributed by atoms with Crippen molar-refractivity contribution in [2.75, 3.05) is 11.4 Å². The number of para-hydroxylation sites is 1. The van der Waals surface area contributed by atoms with E-state index in [2.05, 4.69) is 18.2 Å². The summed E-state index contributed by atoms with van der Waals surface area (Å²) >= 11 is 0. The molecule has 1 aromatic rings. The molecule has 0 saturated carbocycles. The Hall–Kier alpha value is -2.56. The predicted molar refractivity (Wildman–Crippen MR) is 103 cm³/mol. The van der Waals surface area contributed by atoms with Crippen LogP contribution in [-0.4, -0.2) is 41.1 Å². The highest BCUT2D eigenvalue weighted by molar-refractivity contribution is 6.06. The largest absolute Gasteiger partial charge is 0.444 e. The van der Waals surface area contributed by atoms with Crippen LogP contribution in [0.3, 0.4) is 0 Å². The van der Waals surface area contributed by atoms with Crippen molar-refractivity contribution in [3.8, 4) is 0 Å². The molecule has 1 saturated heterocycles. The molecule has 0 N–H and O–H groups in total. The van der Waals surface area contributed by atoms with E-state index in [0.29, 0.717) is 6.54 Å². The van der Waals surface area contributed by atoms with Gasteiger partial charge in [-0.25, -0.2) is 4.79 Å². The molecule has 5 heteroatoms. The highest BCUT2D eigenvalue weighted by Gasteiger charge is 2.64. The Bertz CT molecular complexity index is 897. The molecule has 1 aromatic carbocycles. The van der Waals surface area contributed by atoms with Crippen LogP contribution in [0.25, 0.3) is 0 Å². The maximum Gasteiger partial charge on any atom is 0.410 e. The summed E-state index contributed by atoms with van der Waals surface area (Å²) in [5, 5.41) is 0. The van der Waals surface area contributed by atoms with E-state index in [1.54, 1.807) is 6.08 Å². The summed E-state index contributed by atoms with van der Waals surface area (Å²) in [7, 11) is 0. The lowest BCUT2D eigenvalue weighted by Gasteiger charge is -2.46. The van der Waals surface area contributed by atoms with Gasteiger partial charge in [0.05, 0.1) is 12.1 Å². The summed E-state index contributed by atoms with van der Waals surface area (Å²) in [5.41, 5.74) is 1.36. The summed E-state index contributed by atoms with van der Waals surface area (Å²) < 4.78 is 5.68. The van der Waals surface area contributed by atoms with Gasteiger partial charge in [-0.1, -0.05) is 36.4 Å². The topological polar surface area (TPSA) is 49.9 Å². The molecule has 1 spiro atoms. The van der Waals surface area contributed by atoms with Crippen LogP contribution in [0.2, 0.25) is 0 Å². The van der Waals surface area contributed by atoms with Crippen molar-refractivity contribution in [1.82, 2.24) is 4.90 Å². The predicted octanol–water partition coefficient (Wildman–Crippen LogP) is 3.40. The van der Waals surface area contributed by atoms with Gasteiger partial charge >= 0.3 is 6.09 Å². The van der Waals surface area contributed by atoms with Gasteiger partial charge < -0.3 is 14.5 Å². The van der Waals surface area contributed by atoms with Crippen LogP contribution < -0.4 is 4.90 Å². The molecule has 0 radical (unpaired) electrons. The van der Waals surface area contributed by atoms with Crippen molar-refractivity contribution < 1.29 is 14.3 Å². The number of ether oxygens (including phenoxy) is 1. The lowest BCUT2D eigenvalue weighted by Crippen LogP contribution is -2.59. The maximum atomic E-state index is 12.9. The molecule has 2 amide bonds. The number of amides is 2. The number of carbonyl (C=O) groups is 2. The Morgan fingerprint density at radius 2 is 1.96 bits per heavy atom. The van der Waals surface area contributed by atoms with E-state index in [4.69, 9.17) is 4.74 Å². The molecule has 4 aliphatic rings. The number of hydrogen-bond donors (Lipinski definition) is 0. The Kier molecular flexibility index (Phi) is 3.22. The van der Waals surface area contributed by atoms with E-state index in [9.17, 15) is 9.59 Å². The van der Waals surface area contributed by atoms with E-state index in [1.165, 1.54) is 5.56 Å². The van der Waals surface area contributed by atoms with Crippen LogP contribution in [0.5, 0.6) is 0 Å². The molecule has 5 nitrogen and oxygen atoms in total. The average molecular weight is 364 g/mol. The Morgan fingerprint density at radius 3 is 2.74 bits per heavy atom. The van der Waals surface area contributed by atoms with E-state index >= 15 is 0 Å². The molecule has 5 rings (SSSR count). The van der Waals surface area contributed by atoms with Gasteiger partial charge in [0.2, 0.25) is 0 Å². The molecule has 0 aromatic heterocycles. The van der Waals surface area contributed by atoms with Crippen LogP contribution >= 0.6 is 0 Å². The number of nitrogens with zero attached hydrogens (tertiary/aromatic N) is 2. The molecular formula is C22H24N2O3. The first-order valence-electron chi connectivity index (χ1n) is 9.62. The fourth-order valence-corrected chi connectivity index (χ4v) is 5.46. The van der Waals surface area contributed by atoms with Gasteiger partial charge in [-0.15, -0.1) is 0 Å². The minimum absolute atomic E-state index is 0.0230. The van der Waals surface area contributed by atoms with E-state index in [-0.39, 0.29) is 35.4 Å². The van der Waals surface area contributed by atoms with E-state index < -0.39 is 5.60 Å². The molecule has 0 bridgehead atoms. The number of likely N-dealkylation sites (tertiary alicyclic amines) is 1. The van der Waals surface area contributed by atoms with Gasteiger partial charge in [0.25, 0.3) is 5.91 Å². The van der Waals surface area contributed by atoms with Crippen LogP contribution in [0.15, 0.2) is 48.6 Å². The SMILES string of the molecule is CC(C)(C)OC(=O)N1CC[C@@]23c4ccccc4N4C(=O)C=CC(C=C[C@H]12)[C@H]43. The maximum absolute atomic E-state index is 12.9. The summed E-state index contributed by atoms with van der Waals surface area (Å²) in [4.78, 5) is 29.5. The normalized spacial score (nSPS) is 33.0. The number of fused-ring (bicyclic) bond motifs is 2. The molecule has 3 heterocycles. The first-order chi connectivity index (χ1) is 12.8. The minimum atomic E-state index is -0.531. The van der Waals surface area contributed by atoms with Crippen molar-refractivity contribution in [1.29, 1.82) is 0 Å². The van der Waals surface area contributed by atoms with Crippen LogP contribution in [0, 0.1) is 5.92 Å². The minimum Gasteiger partial charge on any atom is -0.444 e. The zero-order chi connectivity index (χ0) is 19.0. The summed E-state index contributed by atoms with van der Waals surface area (Å²) in [6.07, 6.45) is 8.55. The quantitative estimate of drug-likeness (QED) is 0.663. The van der Waals surface area contributed by atoms with Crippen LogP contribution in [-0.2, 0) is 14.9 Å². The Labute approximate surface area is 159 Å². The van der Waals surface area contributed by atoms with Crippen molar-refractivity contribution >= 4 is 17.7 Å². The monoisotopic (exact) mass is 364 g/mol. The van der Waals surface area contributed by atoms with Gasteiger partial charge in [-0.3, -0.25) is 4.79 Å². The van der Waals surface area contributed by atoms with Gasteiger partial charge in [0, 0.05) is 29.6 Å². The first kappa shape index (κ1) is 16.6. The third kappa shape index (κ3) is 2.11. The molecule has 140 valence electrons. The first-order valence-corrected chi connectivity index (χ1v) is 9.62. The molecule has 27 heavy (non-hydrogen) atoms. The highest BCUT2D eigenvalue weighted by atomic mass is 16.6. The molecule has 1 unspecified atom stereocenters. The summed E-state index contributed by atoms with van der Waals surface area (Å²) in [5.74, 6) is 0.204. The van der Waals surface area contributed by atoms with Gasteiger partial charge in [0.1, 0.15) is 5.60 Å². The summed E-state index contributed by atoms with van der Waals surface area (Å²) in [6, 6.07) is 8.10. The second kappa shape index (κ2) is 5.24. The standard InChI is InChI=1S/C22H24N2O3/c1-21(2,3)27-20(26)23-13-12-22-15-6-4-5-7-16(15)24-18(25)11-9-14(19(22)24)8-10-17(22)23/h4-11,14,17,19H,12-13H2,1-3H3/t14?,17-,19-,22+/m0/s1. The third-order valence-corrected chi connectivity index (χ3v) is 6.31. The van der Waals surface area contributed by atoms with Gasteiger partial charge in [0.15, 0.2) is 0 Å². The lowest BCUT2D eigenvalue weighted by molar-refractivity contribution is -0.115. The number of benzene rings is 1. The number of carbonyl (C=O) groups excluding carboxylic acids is 2. The van der Waals surface area contributed by atoms with Crippen molar-refractivity contribution in [2.24, 2.45) is 5.92 Å². The Morgan fingerprint density at radius 1 is 1.19 bits per heavy atom. The number of anilines is 1. The van der Waals surface area contributed by atoms with Gasteiger partial charge in [-0.2, -0.15) is 0 Å².